The van der Waals surface area contributed by atoms with Gasteiger partial charge in [-0.3, -0.25) is 8.98 Å². The molecule has 0 aliphatic rings. The van der Waals surface area contributed by atoms with Crippen molar-refractivity contribution < 1.29 is 26.9 Å². The molecule has 7 nitrogen and oxygen atoms in total. The van der Waals surface area contributed by atoms with Gasteiger partial charge in [0.15, 0.2) is 0 Å². The van der Waals surface area contributed by atoms with Gasteiger partial charge in [-0.05, 0) is 44.0 Å². The maximum absolute atomic E-state index is 11.9. The van der Waals surface area contributed by atoms with Crippen LogP contribution in [0.3, 0.4) is 0 Å². The highest BCUT2D eigenvalue weighted by atomic mass is 32.2. The predicted molar refractivity (Wildman–Crippen MR) is 101 cm³/mol. The summed E-state index contributed by atoms with van der Waals surface area (Å²) in [6.07, 6.45) is 3.76. The number of rotatable bonds is 13. The lowest BCUT2D eigenvalue weighted by atomic mass is 10.2. The summed E-state index contributed by atoms with van der Waals surface area (Å²) < 4.78 is 37.3. The van der Waals surface area contributed by atoms with E-state index in [2.05, 4.69) is 16.4 Å². The van der Waals surface area contributed by atoms with Crippen LogP contribution in [0.25, 0.3) is 0 Å². The van der Waals surface area contributed by atoms with Gasteiger partial charge in [-0.25, -0.2) is 0 Å². The zero-order valence-corrected chi connectivity index (χ0v) is 16.5. The zero-order valence-electron chi connectivity index (χ0n) is 15.7. The molecule has 0 spiro atoms. The standard InChI is InChI=1S/C18H29NO6S/c1-4-15(2)23-12-5-7-18(20)19-16-8-10-17(11-9-16)24-13-6-14-25-26(3,21)22/h8-11,15H,4-7,12-14H2,1-3H3,(H,19,20). The molecule has 0 saturated carbocycles. The molecule has 0 aromatic heterocycles. The van der Waals surface area contributed by atoms with Crippen molar-refractivity contribution in [3.8, 4) is 5.75 Å². The van der Waals surface area contributed by atoms with Gasteiger partial charge in [0.25, 0.3) is 10.1 Å². The van der Waals surface area contributed by atoms with Gasteiger partial charge in [-0.2, -0.15) is 8.42 Å². The van der Waals surface area contributed by atoms with Crippen molar-refractivity contribution in [3.05, 3.63) is 24.3 Å². The number of carbonyl (C=O) groups excluding carboxylic acids is 1. The second kappa shape index (κ2) is 11.9. The van der Waals surface area contributed by atoms with Crippen molar-refractivity contribution in [1.29, 1.82) is 0 Å². The summed E-state index contributed by atoms with van der Waals surface area (Å²) in [5.41, 5.74) is 0.700. The van der Waals surface area contributed by atoms with Crippen molar-refractivity contribution >= 4 is 21.7 Å². The van der Waals surface area contributed by atoms with E-state index in [1.807, 2.05) is 6.92 Å². The Labute approximate surface area is 156 Å². The number of anilines is 1. The fourth-order valence-electron chi connectivity index (χ4n) is 1.95. The number of benzene rings is 1. The number of ether oxygens (including phenoxy) is 2. The smallest absolute Gasteiger partial charge is 0.264 e. The van der Waals surface area contributed by atoms with Crippen LogP contribution < -0.4 is 10.1 Å². The highest BCUT2D eigenvalue weighted by molar-refractivity contribution is 7.85. The maximum Gasteiger partial charge on any atom is 0.264 e. The molecule has 1 unspecified atom stereocenters. The first-order chi connectivity index (χ1) is 12.3. The van der Waals surface area contributed by atoms with Gasteiger partial charge in [0.1, 0.15) is 5.75 Å². The van der Waals surface area contributed by atoms with Gasteiger partial charge in [-0.1, -0.05) is 6.92 Å². The van der Waals surface area contributed by atoms with Crippen LogP contribution in [0.15, 0.2) is 24.3 Å². The molecule has 0 fully saturated rings. The SMILES string of the molecule is CCC(C)OCCCC(=O)Nc1ccc(OCCCOS(C)(=O)=O)cc1. The van der Waals surface area contributed by atoms with Gasteiger partial charge < -0.3 is 14.8 Å². The minimum atomic E-state index is -3.40. The zero-order chi connectivity index (χ0) is 19.4. The van der Waals surface area contributed by atoms with E-state index in [1.54, 1.807) is 24.3 Å². The Morgan fingerprint density at radius 1 is 1.12 bits per heavy atom. The van der Waals surface area contributed by atoms with Crippen LogP contribution in [0.5, 0.6) is 5.75 Å². The van der Waals surface area contributed by atoms with E-state index < -0.39 is 10.1 Å². The summed E-state index contributed by atoms with van der Waals surface area (Å²) in [4.78, 5) is 11.9. The molecule has 0 aliphatic heterocycles. The number of hydrogen-bond acceptors (Lipinski definition) is 6. The van der Waals surface area contributed by atoms with E-state index in [9.17, 15) is 13.2 Å². The quantitative estimate of drug-likeness (QED) is 0.413. The molecule has 148 valence electrons. The molecular formula is C18H29NO6S. The van der Waals surface area contributed by atoms with Crippen molar-refractivity contribution in [1.82, 2.24) is 0 Å². The van der Waals surface area contributed by atoms with Crippen molar-refractivity contribution in [2.45, 2.75) is 45.6 Å². The molecule has 8 heteroatoms. The third-order valence-electron chi connectivity index (χ3n) is 3.52. The lowest BCUT2D eigenvalue weighted by Crippen LogP contribution is -2.14. The van der Waals surface area contributed by atoms with Crippen molar-refractivity contribution in [2.24, 2.45) is 0 Å². The van der Waals surface area contributed by atoms with Crippen LogP contribution in [-0.2, 0) is 23.8 Å². The molecule has 1 N–H and O–H groups in total. The Kier molecular flexibility index (Phi) is 10.2. The normalized spacial score (nSPS) is 12.6. The summed E-state index contributed by atoms with van der Waals surface area (Å²) in [6.45, 7) is 5.10. The van der Waals surface area contributed by atoms with E-state index >= 15 is 0 Å². The average Bonchev–Trinajstić information content (AvgIpc) is 2.58. The van der Waals surface area contributed by atoms with Crippen LogP contribution in [0.4, 0.5) is 5.69 Å². The first kappa shape index (κ1) is 22.4. The number of nitrogens with one attached hydrogen (secondary N) is 1. The van der Waals surface area contributed by atoms with Crippen LogP contribution >= 0.6 is 0 Å². The lowest BCUT2D eigenvalue weighted by Gasteiger charge is -2.10. The predicted octanol–water partition coefficient (Wildman–Crippen LogP) is 2.97. The molecule has 0 bridgehead atoms. The van der Waals surface area contributed by atoms with Gasteiger partial charge in [0, 0.05) is 25.1 Å². The fourth-order valence-corrected chi connectivity index (χ4v) is 2.37. The molecule has 26 heavy (non-hydrogen) atoms. The third-order valence-corrected chi connectivity index (χ3v) is 4.11. The highest BCUT2D eigenvalue weighted by Gasteiger charge is 2.05. The Balaban J connectivity index is 2.22. The molecule has 0 heterocycles. The van der Waals surface area contributed by atoms with Gasteiger partial charge in [0.2, 0.25) is 5.91 Å². The van der Waals surface area contributed by atoms with Crippen LogP contribution in [0.2, 0.25) is 0 Å². The molecule has 0 radical (unpaired) electrons. The summed E-state index contributed by atoms with van der Waals surface area (Å²) >= 11 is 0. The third kappa shape index (κ3) is 11.1. The molecule has 1 aromatic rings. The van der Waals surface area contributed by atoms with Crippen molar-refractivity contribution in [2.75, 3.05) is 31.4 Å². The second-order valence-corrected chi connectivity index (χ2v) is 7.64. The Morgan fingerprint density at radius 2 is 1.81 bits per heavy atom. The van der Waals surface area contributed by atoms with Gasteiger partial charge in [0.05, 0.1) is 25.6 Å². The average molecular weight is 387 g/mol. The summed E-state index contributed by atoms with van der Waals surface area (Å²) in [5, 5.41) is 2.83. The summed E-state index contributed by atoms with van der Waals surface area (Å²) in [7, 11) is -3.40. The first-order valence-corrected chi connectivity index (χ1v) is 10.6. The molecule has 0 saturated heterocycles. The van der Waals surface area contributed by atoms with Gasteiger partial charge in [-0.15, -0.1) is 0 Å². The Hall–Kier alpha value is -1.64. The van der Waals surface area contributed by atoms with E-state index in [1.165, 1.54) is 0 Å². The fraction of sp³-hybridized carbons (Fsp3) is 0.611. The van der Waals surface area contributed by atoms with Gasteiger partial charge >= 0.3 is 0 Å². The molecular weight excluding hydrogens is 358 g/mol. The molecule has 1 amide bonds. The highest BCUT2D eigenvalue weighted by Crippen LogP contribution is 2.16. The minimum Gasteiger partial charge on any atom is -0.494 e. The first-order valence-electron chi connectivity index (χ1n) is 8.79. The topological polar surface area (TPSA) is 90.9 Å². The van der Waals surface area contributed by atoms with E-state index in [-0.39, 0.29) is 18.6 Å². The molecule has 1 aromatic carbocycles. The lowest BCUT2D eigenvalue weighted by molar-refractivity contribution is -0.116. The largest absolute Gasteiger partial charge is 0.494 e. The maximum atomic E-state index is 11.9. The van der Waals surface area contributed by atoms with Crippen molar-refractivity contribution in [3.63, 3.8) is 0 Å². The Bertz CT molecular complexity index is 630. The molecule has 1 rings (SSSR count). The molecule has 1 atom stereocenters. The Morgan fingerprint density at radius 3 is 2.42 bits per heavy atom. The van der Waals surface area contributed by atoms with E-state index in [0.717, 1.165) is 12.7 Å². The van der Waals surface area contributed by atoms with Crippen LogP contribution in [-0.4, -0.2) is 46.5 Å². The number of hydrogen-bond donors (Lipinski definition) is 1. The summed E-state index contributed by atoms with van der Waals surface area (Å²) in [5.74, 6) is 0.591. The monoisotopic (exact) mass is 387 g/mol. The van der Waals surface area contributed by atoms with E-state index in [0.29, 0.717) is 43.9 Å². The van der Waals surface area contributed by atoms with Crippen LogP contribution in [0, 0.1) is 0 Å². The number of amides is 1. The summed E-state index contributed by atoms with van der Waals surface area (Å²) in [6, 6.07) is 7.02. The minimum absolute atomic E-state index is 0.0515. The number of carbonyl (C=O) groups is 1. The molecule has 0 aliphatic carbocycles. The second-order valence-electron chi connectivity index (χ2n) is 5.99. The van der Waals surface area contributed by atoms with E-state index in [4.69, 9.17) is 9.47 Å². The van der Waals surface area contributed by atoms with Crippen LogP contribution in [0.1, 0.15) is 39.5 Å².